The van der Waals surface area contributed by atoms with Gasteiger partial charge in [-0.15, -0.1) is 0 Å². The molecule has 15 aromatic rings. The van der Waals surface area contributed by atoms with Crippen LogP contribution in [0.5, 0.6) is 0 Å². The van der Waals surface area contributed by atoms with Crippen molar-refractivity contribution in [3.63, 3.8) is 0 Å². The molecule has 0 aliphatic rings. The smallest absolute Gasteiger partial charge is 0.267 e. The summed E-state index contributed by atoms with van der Waals surface area (Å²) < 4.78 is 6.27. The van der Waals surface area contributed by atoms with Gasteiger partial charge in [-0.3, -0.25) is 56.7 Å². The summed E-state index contributed by atoms with van der Waals surface area (Å²) in [6, 6.07) is 47.8. The fourth-order valence-electron chi connectivity index (χ4n) is 12.4. The number of fused-ring (bicyclic) bond motifs is 4. The molecule has 0 saturated carbocycles. The number of nitrogens with zero attached hydrogens (tertiary/aromatic N) is 21. The van der Waals surface area contributed by atoms with Crippen LogP contribution in [0.15, 0.2) is 209 Å². The van der Waals surface area contributed by atoms with E-state index in [0.29, 0.717) is 90.4 Å². The van der Waals surface area contributed by atoms with E-state index in [2.05, 4.69) is 70.8 Å². The highest BCUT2D eigenvalue weighted by Crippen LogP contribution is 2.32. The number of aromatic nitrogens is 18. The fraction of sp³-hybridized carbons (Fsp3) is 0.152. The van der Waals surface area contributed by atoms with E-state index in [1.807, 2.05) is 159 Å². The lowest BCUT2D eigenvalue weighted by molar-refractivity contribution is 0.774. The molecule has 0 fully saturated rings. The Labute approximate surface area is 632 Å². The van der Waals surface area contributed by atoms with Crippen LogP contribution in [0.2, 0.25) is 0 Å². The van der Waals surface area contributed by atoms with Gasteiger partial charge in [0.2, 0.25) is 0 Å². The predicted molar refractivity (Wildman–Crippen MR) is 420 cm³/mol. The molecule has 11 N–H and O–H groups in total. The molecule has 2 unspecified atom stereocenters. The average molecular weight is 1480 g/mol. The third kappa shape index (κ3) is 15.5. The van der Waals surface area contributed by atoms with Crippen molar-refractivity contribution in [2.24, 2.45) is 5.73 Å². The van der Waals surface area contributed by atoms with E-state index in [1.54, 1.807) is 103 Å². The van der Waals surface area contributed by atoms with Gasteiger partial charge in [0.05, 0.1) is 85.9 Å². The van der Waals surface area contributed by atoms with Gasteiger partial charge in [-0.2, -0.15) is 15.8 Å². The number of pyridine rings is 8. The van der Waals surface area contributed by atoms with Crippen molar-refractivity contribution in [2.45, 2.75) is 79.6 Å². The van der Waals surface area contributed by atoms with E-state index in [1.165, 1.54) is 19.0 Å². The summed E-state index contributed by atoms with van der Waals surface area (Å²) in [7, 11) is 0. The third-order valence-electron chi connectivity index (χ3n) is 17.7. The lowest BCUT2D eigenvalue weighted by Gasteiger charge is -2.19. The first kappa shape index (κ1) is 75.2. The summed E-state index contributed by atoms with van der Waals surface area (Å²) in [6.07, 6.45) is 10.4. The number of anilines is 6. The van der Waals surface area contributed by atoms with Crippen LogP contribution in [-0.4, -0.2) is 87.4 Å². The summed E-state index contributed by atoms with van der Waals surface area (Å²) in [5, 5.41) is 37.6. The second kappa shape index (κ2) is 32.9. The summed E-state index contributed by atoms with van der Waals surface area (Å²) in [5.74, 6) is 1.06. The molecule has 550 valence electrons. The minimum absolute atomic E-state index is 0.0781. The van der Waals surface area contributed by atoms with Crippen LogP contribution in [0.3, 0.4) is 0 Å². The topological polar surface area (TPSA) is 478 Å². The van der Waals surface area contributed by atoms with Gasteiger partial charge in [0, 0.05) is 53.6 Å². The summed E-state index contributed by atoms with van der Waals surface area (Å²) >= 11 is 0. The van der Waals surface area contributed by atoms with Gasteiger partial charge in [-0.1, -0.05) is 48.5 Å². The standard InChI is InChI=1S/3C21H18N8O.C16H16N4O/c3*1-12-6-5-8-16-28-18(13(2)27-20-14(10-22)19(23)25-11-26-20)17(21(30)29(12)16)15-7-3-4-9-24-15;1-10-6-5-8-13-19-15(11(2)17)14(16(21)20(10)13)12-7-3-4-9-18-12/h3*3-9,11,13H,1-2H3,(H3,23,25,26,27);3-9,11H,17H2,1-2H3/t2*13-;;/m10../s1. The molecule has 4 atom stereocenters. The van der Waals surface area contributed by atoms with E-state index < -0.39 is 18.1 Å². The summed E-state index contributed by atoms with van der Waals surface area (Å²) in [6.45, 7) is 14.7. The molecule has 0 aromatic carbocycles. The Kier molecular flexibility index (Phi) is 22.3. The van der Waals surface area contributed by atoms with Gasteiger partial charge in [0.1, 0.15) is 111 Å². The number of nitrogen functional groups attached to an aromatic ring is 3. The fourth-order valence-corrected chi connectivity index (χ4v) is 12.4. The van der Waals surface area contributed by atoms with E-state index in [-0.39, 0.29) is 79.9 Å². The number of aryl methyl sites for hydroxylation is 4. The van der Waals surface area contributed by atoms with Crippen molar-refractivity contribution >= 4 is 57.5 Å². The number of rotatable bonds is 14. The largest absolute Gasteiger partial charge is 0.382 e. The van der Waals surface area contributed by atoms with E-state index in [4.69, 9.17) is 37.9 Å². The molecule has 0 amide bonds. The zero-order chi connectivity index (χ0) is 78.7. The molecule has 0 aliphatic carbocycles. The zero-order valence-electron chi connectivity index (χ0n) is 61.0. The van der Waals surface area contributed by atoms with Crippen molar-refractivity contribution in [1.29, 1.82) is 15.8 Å². The van der Waals surface area contributed by atoms with Crippen LogP contribution in [0, 0.1) is 61.7 Å². The van der Waals surface area contributed by atoms with Crippen LogP contribution in [-0.2, 0) is 0 Å². The Morgan fingerprint density at radius 3 is 0.802 bits per heavy atom. The first-order valence-electron chi connectivity index (χ1n) is 34.4. The Morgan fingerprint density at radius 1 is 0.333 bits per heavy atom. The molecule has 0 spiro atoms. The highest BCUT2D eigenvalue weighted by atomic mass is 16.1. The maximum atomic E-state index is 13.5. The SMILES string of the molecule is Cc1cccc2nc(C(C)N)c(-c3ccccn3)c(=O)n12.Cc1cccc2nc(C(C)Nc3ncnc(N)c3C#N)c(-c3ccccn3)c(=O)n12.Cc1cccc2nc([C@@H](C)Nc3ncnc(N)c3C#N)c(-c3ccccn3)c(=O)n12.Cc1cccc2nc([C@H](C)Nc3ncnc(N)c3C#N)c(-c3ccccn3)c(=O)n12. The number of nitrogens with two attached hydrogens (primary N) is 4. The number of nitrogens with one attached hydrogen (secondary N) is 3. The lowest BCUT2D eigenvalue weighted by atomic mass is 10.1. The van der Waals surface area contributed by atoms with Gasteiger partial charge in [0.15, 0.2) is 0 Å². The Bertz CT molecular complexity index is 5920. The van der Waals surface area contributed by atoms with E-state index in [9.17, 15) is 35.0 Å². The number of hydrogen-bond acceptors (Lipinski definition) is 28. The van der Waals surface area contributed by atoms with Gasteiger partial charge in [-0.05, 0) is 152 Å². The first-order valence-corrected chi connectivity index (χ1v) is 34.4. The number of nitriles is 3. The Balaban J connectivity index is 0.000000139. The molecule has 32 heteroatoms. The van der Waals surface area contributed by atoms with E-state index >= 15 is 0 Å². The molecule has 111 heavy (non-hydrogen) atoms. The van der Waals surface area contributed by atoms with Crippen LogP contribution in [0.1, 0.15) is 114 Å². The molecular formula is C79H70N28O4. The molecule has 32 nitrogen and oxygen atoms in total. The molecule has 15 heterocycles. The monoisotopic (exact) mass is 1470 g/mol. The molecule has 15 rings (SSSR count). The third-order valence-corrected chi connectivity index (χ3v) is 17.7. The second-order valence-corrected chi connectivity index (χ2v) is 25.2. The minimum atomic E-state index is -0.471. The molecule has 0 aliphatic heterocycles. The van der Waals surface area contributed by atoms with Crippen molar-refractivity contribution in [3.05, 3.63) is 293 Å². The molecule has 0 saturated heterocycles. The second-order valence-electron chi connectivity index (χ2n) is 25.2. The quantitative estimate of drug-likeness (QED) is 0.0532. The maximum absolute atomic E-state index is 13.5. The van der Waals surface area contributed by atoms with Crippen LogP contribution < -0.4 is 61.1 Å². The minimum Gasteiger partial charge on any atom is -0.382 e. The average Bonchev–Trinajstić information content (AvgIpc) is 0.779. The maximum Gasteiger partial charge on any atom is 0.267 e. The molecule has 15 aromatic heterocycles. The van der Waals surface area contributed by atoms with Crippen molar-refractivity contribution in [2.75, 3.05) is 33.2 Å². The summed E-state index contributed by atoms with van der Waals surface area (Å²) in [5.41, 5.74) is 34.1. The van der Waals surface area contributed by atoms with Gasteiger partial charge >= 0.3 is 0 Å². The van der Waals surface area contributed by atoms with Crippen molar-refractivity contribution in [3.8, 4) is 63.2 Å². The van der Waals surface area contributed by atoms with Gasteiger partial charge in [-0.25, -0.2) is 49.8 Å². The highest BCUT2D eigenvalue weighted by Gasteiger charge is 2.27. The van der Waals surface area contributed by atoms with Crippen LogP contribution in [0.25, 0.3) is 67.6 Å². The van der Waals surface area contributed by atoms with E-state index in [0.717, 1.165) is 22.8 Å². The van der Waals surface area contributed by atoms with Crippen LogP contribution in [0.4, 0.5) is 34.9 Å². The van der Waals surface area contributed by atoms with Crippen molar-refractivity contribution < 1.29 is 0 Å². The Morgan fingerprint density at radius 2 is 0.577 bits per heavy atom. The zero-order valence-corrected chi connectivity index (χ0v) is 61.0. The van der Waals surface area contributed by atoms with Crippen molar-refractivity contribution in [1.82, 2.24) is 87.4 Å². The van der Waals surface area contributed by atoms with Gasteiger partial charge < -0.3 is 38.9 Å². The number of hydrogen-bond donors (Lipinski definition) is 7. The van der Waals surface area contributed by atoms with Crippen LogP contribution >= 0.6 is 0 Å². The predicted octanol–water partition coefficient (Wildman–Crippen LogP) is 9.53. The molecule has 0 bridgehead atoms. The Hall–Kier alpha value is -15.5. The lowest BCUT2D eigenvalue weighted by Crippen LogP contribution is -2.25. The molecular weight excluding hydrogens is 1410 g/mol. The summed E-state index contributed by atoms with van der Waals surface area (Å²) in [4.78, 5) is 113. The highest BCUT2D eigenvalue weighted by molar-refractivity contribution is 5.71. The molecule has 0 radical (unpaired) electrons. The van der Waals surface area contributed by atoms with Gasteiger partial charge in [0.25, 0.3) is 22.2 Å². The first-order chi connectivity index (χ1) is 53.6. The normalized spacial score (nSPS) is 11.9.